The van der Waals surface area contributed by atoms with Gasteiger partial charge < -0.3 is 15.4 Å². The molecule has 0 aliphatic carbocycles. The summed E-state index contributed by atoms with van der Waals surface area (Å²) in [6.45, 7) is 2.13. The SMILES string of the molecule is CNC(c1cc(Cl)ccc1OC)C1CCNC1. The maximum Gasteiger partial charge on any atom is 0.123 e. The molecule has 0 radical (unpaired) electrons. The molecule has 1 aromatic rings. The molecule has 2 atom stereocenters. The highest BCUT2D eigenvalue weighted by molar-refractivity contribution is 6.30. The average molecular weight is 255 g/mol. The smallest absolute Gasteiger partial charge is 0.123 e. The zero-order chi connectivity index (χ0) is 12.3. The highest BCUT2D eigenvalue weighted by atomic mass is 35.5. The predicted molar refractivity (Wildman–Crippen MR) is 70.8 cm³/mol. The molecule has 17 heavy (non-hydrogen) atoms. The van der Waals surface area contributed by atoms with Gasteiger partial charge in [-0.15, -0.1) is 0 Å². The zero-order valence-corrected chi connectivity index (χ0v) is 11.1. The largest absolute Gasteiger partial charge is 0.496 e. The summed E-state index contributed by atoms with van der Waals surface area (Å²) < 4.78 is 5.42. The van der Waals surface area contributed by atoms with Crippen molar-refractivity contribution in [3.63, 3.8) is 0 Å². The van der Waals surface area contributed by atoms with Crippen LogP contribution in [-0.2, 0) is 0 Å². The molecule has 1 saturated heterocycles. The van der Waals surface area contributed by atoms with Crippen LogP contribution in [0.3, 0.4) is 0 Å². The molecule has 2 rings (SSSR count). The Kier molecular flexibility index (Phi) is 4.26. The molecule has 0 saturated carbocycles. The number of nitrogens with one attached hydrogen (secondary N) is 2. The summed E-state index contributed by atoms with van der Waals surface area (Å²) in [7, 11) is 3.69. The molecular weight excluding hydrogens is 236 g/mol. The van der Waals surface area contributed by atoms with Crippen molar-refractivity contribution in [1.29, 1.82) is 0 Å². The maximum atomic E-state index is 6.08. The van der Waals surface area contributed by atoms with Crippen molar-refractivity contribution in [2.24, 2.45) is 5.92 Å². The second-order valence-electron chi connectivity index (χ2n) is 4.41. The summed E-state index contributed by atoms with van der Waals surface area (Å²) in [5.41, 5.74) is 1.15. The molecule has 0 spiro atoms. The van der Waals surface area contributed by atoms with E-state index in [1.165, 1.54) is 6.42 Å². The van der Waals surface area contributed by atoms with E-state index in [0.29, 0.717) is 12.0 Å². The summed E-state index contributed by atoms with van der Waals surface area (Å²) in [5, 5.41) is 7.54. The van der Waals surface area contributed by atoms with Gasteiger partial charge in [0.1, 0.15) is 5.75 Å². The second-order valence-corrected chi connectivity index (χ2v) is 4.84. The fourth-order valence-corrected chi connectivity index (χ4v) is 2.74. The monoisotopic (exact) mass is 254 g/mol. The standard InChI is InChI=1S/C13H19ClN2O/c1-15-13(9-5-6-16-8-9)11-7-10(14)3-4-12(11)17-2/h3-4,7,9,13,15-16H,5-6,8H2,1-2H3. The van der Waals surface area contributed by atoms with Gasteiger partial charge in [0.05, 0.1) is 7.11 Å². The van der Waals surface area contributed by atoms with Crippen molar-refractivity contribution < 1.29 is 4.74 Å². The molecule has 1 aromatic carbocycles. The minimum absolute atomic E-state index is 0.290. The van der Waals surface area contributed by atoms with E-state index in [2.05, 4.69) is 10.6 Å². The van der Waals surface area contributed by atoms with Crippen LogP contribution in [0.25, 0.3) is 0 Å². The highest BCUT2D eigenvalue weighted by Crippen LogP contribution is 2.34. The van der Waals surface area contributed by atoms with Crippen molar-refractivity contribution in [2.45, 2.75) is 12.5 Å². The quantitative estimate of drug-likeness (QED) is 0.865. The van der Waals surface area contributed by atoms with Gasteiger partial charge in [-0.05, 0) is 50.7 Å². The second kappa shape index (κ2) is 5.71. The van der Waals surface area contributed by atoms with Crippen LogP contribution < -0.4 is 15.4 Å². The number of benzene rings is 1. The Bertz CT molecular complexity index is 378. The molecule has 2 unspecified atom stereocenters. The van der Waals surface area contributed by atoms with Crippen molar-refractivity contribution in [3.05, 3.63) is 28.8 Å². The van der Waals surface area contributed by atoms with Crippen LogP contribution in [0.5, 0.6) is 5.75 Å². The topological polar surface area (TPSA) is 33.3 Å². The van der Waals surface area contributed by atoms with Gasteiger partial charge >= 0.3 is 0 Å². The van der Waals surface area contributed by atoms with Crippen LogP contribution in [0.2, 0.25) is 5.02 Å². The Morgan fingerprint density at radius 3 is 2.94 bits per heavy atom. The van der Waals surface area contributed by atoms with E-state index in [-0.39, 0.29) is 0 Å². The van der Waals surface area contributed by atoms with Gasteiger partial charge in [0, 0.05) is 16.6 Å². The number of methoxy groups -OCH3 is 1. The number of rotatable bonds is 4. The summed E-state index contributed by atoms with van der Waals surface area (Å²) >= 11 is 6.08. The van der Waals surface area contributed by atoms with Crippen molar-refractivity contribution >= 4 is 11.6 Å². The number of hydrogen-bond acceptors (Lipinski definition) is 3. The minimum atomic E-state index is 0.290. The van der Waals surface area contributed by atoms with E-state index in [1.54, 1.807) is 7.11 Å². The van der Waals surface area contributed by atoms with E-state index in [9.17, 15) is 0 Å². The first-order chi connectivity index (χ1) is 8.26. The van der Waals surface area contributed by atoms with Gasteiger partial charge in [-0.3, -0.25) is 0 Å². The molecule has 1 aliphatic heterocycles. The molecule has 2 N–H and O–H groups in total. The lowest BCUT2D eigenvalue weighted by Crippen LogP contribution is -2.27. The van der Waals surface area contributed by atoms with E-state index in [1.807, 2.05) is 25.2 Å². The van der Waals surface area contributed by atoms with Crippen LogP contribution in [-0.4, -0.2) is 27.2 Å². The number of halogens is 1. The van der Waals surface area contributed by atoms with Gasteiger partial charge in [0.25, 0.3) is 0 Å². The lowest BCUT2D eigenvalue weighted by molar-refractivity contribution is 0.370. The predicted octanol–water partition coefficient (Wildman–Crippen LogP) is 2.22. The molecule has 1 fully saturated rings. The fourth-order valence-electron chi connectivity index (χ4n) is 2.55. The average Bonchev–Trinajstić information content (AvgIpc) is 2.84. The van der Waals surface area contributed by atoms with Crippen molar-refractivity contribution in [2.75, 3.05) is 27.2 Å². The van der Waals surface area contributed by atoms with Crippen molar-refractivity contribution in [1.82, 2.24) is 10.6 Å². The molecule has 0 bridgehead atoms. The van der Waals surface area contributed by atoms with Crippen molar-refractivity contribution in [3.8, 4) is 5.75 Å². The van der Waals surface area contributed by atoms with Gasteiger partial charge in [-0.25, -0.2) is 0 Å². The van der Waals surface area contributed by atoms with Crippen LogP contribution in [0.15, 0.2) is 18.2 Å². The lowest BCUT2D eigenvalue weighted by atomic mass is 9.92. The number of hydrogen-bond donors (Lipinski definition) is 2. The molecule has 3 nitrogen and oxygen atoms in total. The molecule has 0 amide bonds. The summed E-state index contributed by atoms with van der Waals surface area (Å²) in [4.78, 5) is 0. The third kappa shape index (κ3) is 2.73. The first kappa shape index (κ1) is 12.7. The Morgan fingerprint density at radius 1 is 1.53 bits per heavy atom. The Labute approximate surface area is 107 Å². The summed E-state index contributed by atoms with van der Waals surface area (Å²) in [6, 6.07) is 6.09. The minimum Gasteiger partial charge on any atom is -0.496 e. The summed E-state index contributed by atoms with van der Waals surface area (Å²) in [6.07, 6.45) is 1.18. The van der Waals surface area contributed by atoms with E-state index < -0.39 is 0 Å². The van der Waals surface area contributed by atoms with Crippen LogP contribution in [0, 0.1) is 5.92 Å². The third-order valence-corrected chi connectivity index (χ3v) is 3.64. The lowest BCUT2D eigenvalue weighted by Gasteiger charge is -2.24. The molecule has 1 aliphatic rings. The maximum absolute atomic E-state index is 6.08. The first-order valence-corrected chi connectivity index (χ1v) is 6.35. The first-order valence-electron chi connectivity index (χ1n) is 5.97. The van der Waals surface area contributed by atoms with Crippen LogP contribution >= 0.6 is 11.6 Å². The third-order valence-electron chi connectivity index (χ3n) is 3.41. The number of ether oxygens (including phenoxy) is 1. The molecular formula is C13H19ClN2O. The Balaban J connectivity index is 2.31. The van der Waals surface area contributed by atoms with Gasteiger partial charge in [0.2, 0.25) is 0 Å². The molecule has 94 valence electrons. The van der Waals surface area contributed by atoms with E-state index in [0.717, 1.165) is 29.4 Å². The molecule has 4 heteroatoms. The van der Waals surface area contributed by atoms with Gasteiger partial charge in [-0.1, -0.05) is 11.6 Å². The Morgan fingerprint density at radius 2 is 2.35 bits per heavy atom. The van der Waals surface area contributed by atoms with E-state index >= 15 is 0 Å². The van der Waals surface area contributed by atoms with Gasteiger partial charge in [-0.2, -0.15) is 0 Å². The Hall–Kier alpha value is -0.770. The molecule has 0 aromatic heterocycles. The van der Waals surface area contributed by atoms with E-state index in [4.69, 9.17) is 16.3 Å². The normalized spacial score (nSPS) is 21.5. The molecule has 1 heterocycles. The van der Waals surface area contributed by atoms with Crippen LogP contribution in [0.4, 0.5) is 0 Å². The van der Waals surface area contributed by atoms with Gasteiger partial charge in [0.15, 0.2) is 0 Å². The van der Waals surface area contributed by atoms with Crippen LogP contribution in [0.1, 0.15) is 18.0 Å². The zero-order valence-electron chi connectivity index (χ0n) is 10.3. The fraction of sp³-hybridized carbons (Fsp3) is 0.538. The highest BCUT2D eigenvalue weighted by Gasteiger charge is 2.27. The summed E-state index contributed by atoms with van der Waals surface area (Å²) in [5.74, 6) is 1.49.